The highest BCUT2D eigenvalue weighted by Gasteiger charge is 1.97. The van der Waals surface area contributed by atoms with Crippen molar-refractivity contribution >= 4 is 22.4 Å². The zero-order valence-corrected chi connectivity index (χ0v) is 11.9. The van der Waals surface area contributed by atoms with Crippen molar-refractivity contribution in [1.29, 1.82) is 0 Å². The van der Waals surface area contributed by atoms with Crippen LogP contribution in [0.3, 0.4) is 0 Å². The van der Waals surface area contributed by atoms with Crippen LogP contribution in [-0.2, 0) is 0 Å². The number of ether oxygens (including phenoxy) is 1. The second-order valence-electron chi connectivity index (χ2n) is 4.08. The predicted molar refractivity (Wildman–Crippen MR) is 80.7 cm³/mol. The van der Waals surface area contributed by atoms with E-state index in [0.717, 1.165) is 11.6 Å². The van der Waals surface area contributed by atoms with Crippen molar-refractivity contribution in [3.05, 3.63) is 42.5 Å². The van der Waals surface area contributed by atoms with E-state index in [1.165, 1.54) is 30.0 Å². The largest absolute Gasteiger partial charge is 0.496 e. The van der Waals surface area contributed by atoms with Crippen LogP contribution in [0.1, 0.15) is 26.2 Å². The molecule has 0 unspecified atom stereocenters. The summed E-state index contributed by atoms with van der Waals surface area (Å²) < 4.78 is 5.23. The summed E-state index contributed by atoms with van der Waals surface area (Å²) in [4.78, 5) is 0. The first-order chi connectivity index (χ1) is 8.83. The first-order valence-corrected chi connectivity index (χ1v) is 6.94. The average molecular weight is 265 g/mol. The van der Waals surface area contributed by atoms with Gasteiger partial charge in [-0.15, -0.1) is 11.6 Å². The summed E-state index contributed by atoms with van der Waals surface area (Å²) in [6, 6.07) is 14.2. The highest BCUT2D eigenvalue weighted by Crippen LogP contribution is 2.24. The molecule has 0 amide bonds. The topological polar surface area (TPSA) is 9.23 Å². The molecule has 1 nitrogen and oxygen atoms in total. The maximum Gasteiger partial charge on any atom is 0.126 e. The van der Waals surface area contributed by atoms with E-state index in [4.69, 9.17) is 16.3 Å². The lowest BCUT2D eigenvalue weighted by molar-refractivity contribution is 0.420. The molecule has 0 fully saturated rings. The molecule has 0 aliphatic rings. The Morgan fingerprint density at radius 3 is 2.33 bits per heavy atom. The van der Waals surface area contributed by atoms with Crippen molar-refractivity contribution in [3.63, 3.8) is 0 Å². The van der Waals surface area contributed by atoms with Gasteiger partial charge in [0, 0.05) is 11.3 Å². The average Bonchev–Trinajstić information content (AvgIpc) is 2.45. The molecule has 0 atom stereocenters. The standard InChI is InChI=1S/C11H10O.C5H11Cl/c1-12-11-8-4-6-9-5-2-3-7-10(9)11;1-2-3-4-5-6/h2-8H,1H3;2-5H2,1H3. The van der Waals surface area contributed by atoms with E-state index in [0.29, 0.717) is 0 Å². The number of halogens is 1. The van der Waals surface area contributed by atoms with Gasteiger partial charge in [-0.2, -0.15) is 0 Å². The zero-order chi connectivity index (χ0) is 13.2. The summed E-state index contributed by atoms with van der Waals surface area (Å²) >= 11 is 5.38. The van der Waals surface area contributed by atoms with Crippen LogP contribution in [0.15, 0.2) is 42.5 Å². The van der Waals surface area contributed by atoms with Crippen molar-refractivity contribution < 1.29 is 4.74 Å². The molecule has 0 aromatic heterocycles. The summed E-state index contributed by atoms with van der Waals surface area (Å²) in [6.45, 7) is 2.17. The van der Waals surface area contributed by atoms with Gasteiger partial charge >= 0.3 is 0 Å². The summed E-state index contributed by atoms with van der Waals surface area (Å²) in [5, 5.41) is 2.39. The second-order valence-corrected chi connectivity index (χ2v) is 4.46. The summed E-state index contributed by atoms with van der Waals surface area (Å²) in [6.07, 6.45) is 3.73. The Morgan fingerprint density at radius 2 is 1.72 bits per heavy atom. The molecule has 2 aromatic rings. The van der Waals surface area contributed by atoms with Crippen LogP contribution in [0.4, 0.5) is 0 Å². The van der Waals surface area contributed by atoms with Gasteiger partial charge in [0.1, 0.15) is 5.75 Å². The molecule has 2 aromatic carbocycles. The van der Waals surface area contributed by atoms with Crippen molar-refractivity contribution in [2.75, 3.05) is 13.0 Å². The van der Waals surface area contributed by atoms with Crippen molar-refractivity contribution in [2.45, 2.75) is 26.2 Å². The fraction of sp³-hybridized carbons (Fsp3) is 0.375. The minimum Gasteiger partial charge on any atom is -0.496 e. The fourth-order valence-corrected chi connectivity index (χ4v) is 1.91. The number of methoxy groups -OCH3 is 1. The molecule has 0 heterocycles. The Bertz CT molecular complexity index is 444. The van der Waals surface area contributed by atoms with Crippen molar-refractivity contribution in [1.82, 2.24) is 0 Å². The highest BCUT2D eigenvalue weighted by atomic mass is 35.5. The van der Waals surface area contributed by atoms with Crippen LogP contribution in [0.2, 0.25) is 0 Å². The molecular formula is C16H21ClO. The Labute approximate surface area is 115 Å². The van der Waals surface area contributed by atoms with Gasteiger partial charge in [-0.05, 0) is 17.9 Å². The molecule has 0 saturated heterocycles. The Morgan fingerprint density at radius 1 is 1.00 bits per heavy atom. The van der Waals surface area contributed by atoms with Gasteiger partial charge < -0.3 is 4.74 Å². The van der Waals surface area contributed by atoms with E-state index in [1.807, 2.05) is 24.3 Å². The molecule has 0 N–H and O–H groups in total. The number of benzene rings is 2. The Hall–Kier alpha value is -1.21. The SMILES string of the molecule is CCCCCCl.COc1cccc2ccccc12. The van der Waals surface area contributed by atoms with Gasteiger partial charge in [0.2, 0.25) is 0 Å². The number of fused-ring (bicyclic) bond motifs is 1. The molecule has 0 bridgehead atoms. The first kappa shape index (κ1) is 14.8. The Balaban J connectivity index is 0.000000232. The quantitative estimate of drug-likeness (QED) is 0.540. The van der Waals surface area contributed by atoms with Crippen LogP contribution in [0, 0.1) is 0 Å². The number of hydrogen-bond donors (Lipinski definition) is 0. The molecule has 0 aliphatic heterocycles. The van der Waals surface area contributed by atoms with Gasteiger partial charge in [-0.1, -0.05) is 56.2 Å². The smallest absolute Gasteiger partial charge is 0.126 e. The normalized spacial score (nSPS) is 9.72. The number of hydrogen-bond acceptors (Lipinski definition) is 1. The van der Waals surface area contributed by atoms with Crippen LogP contribution >= 0.6 is 11.6 Å². The number of rotatable bonds is 4. The molecule has 98 valence electrons. The van der Waals surface area contributed by atoms with Gasteiger partial charge in [-0.3, -0.25) is 0 Å². The van der Waals surface area contributed by atoms with E-state index in [1.54, 1.807) is 7.11 Å². The van der Waals surface area contributed by atoms with Crippen LogP contribution in [0.5, 0.6) is 5.75 Å². The van der Waals surface area contributed by atoms with Crippen LogP contribution < -0.4 is 4.74 Å². The molecule has 2 heteroatoms. The molecule has 18 heavy (non-hydrogen) atoms. The number of unbranched alkanes of at least 4 members (excludes halogenated alkanes) is 2. The first-order valence-electron chi connectivity index (χ1n) is 6.41. The molecule has 0 aliphatic carbocycles. The fourth-order valence-electron chi connectivity index (χ4n) is 1.72. The lowest BCUT2D eigenvalue weighted by Crippen LogP contribution is -1.83. The van der Waals surface area contributed by atoms with Gasteiger partial charge in [-0.25, -0.2) is 0 Å². The summed E-state index contributed by atoms with van der Waals surface area (Å²) in [7, 11) is 1.70. The van der Waals surface area contributed by atoms with Gasteiger partial charge in [0.25, 0.3) is 0 Å². The molecule has 2 rings (SSSR count). The lowest BCUT2D eigenvalue weighted by Gasteiger charge is -2.03. The van der Waals surface area contributed by atoms with E-state index in [2.05, 4.69) is 25.1 Å². The third-order valence-electron chi connectivity index (χ3n) is 2.71. The predicted octanol–water partition coefficient (Wildman–Crippen LogP) is 5.26. The van der Waals surface area contributed by atoms with E-state index < -0.39 is 0 Å². The minimum absolute atomic E-state index is 0.827. The monoisotopic (exact) mass is 264 g/mol. The number of alkyl halides is 1. The molecule has 0 saturated carbocycles. The zero-order valence-electron chi connectivity index (χ0n) is 11.2. The van der Waals surface area contributed by atoms with E-state index >= 15 is 0 Å². The third-order valence-corrected chi connectivity index (χ3v) is 2.97. The van der Waals surface area contributed by atoms with Crippen molar-refractivity contribution in [2.24, 2.45) is 0 Å². The van der Waals surface area contributed by atoms with E-state index in [-0.39, 0.29) is 0 Å². The summed E-state index contributed by atoms with van der Waals surface area (Å²) in [5.74, 6) is 1.77. The van der Waals surface area contributed by atoms with Gasteiger partial charge in [0.05, 0.1) is 7.11 Å². The Kier molecular flexibility index (Phi) is 7.28. The highest BCUT2D eigenvalue weighted by molar-refractivity contribution is 6.17. The third kappa shape index (κ3) is 4.58. The molecular weight excluding hydrogens is 244 g/mol. The van der Waals surface area contributed by atoms with Crippen LogP contribution in [0.25, 0.3) is 10.8 Å². The van der Waals surface area contributed by atoms with Gasteiger partial charge in [0.15, 0.2) is 0 Å². The summed E-state index contributed by atoms with van der Waals surface area (Å²) in [5.41, 5.74) is 0. The van der Waals surface area contributed by atoms with Crippen LogP contribution in [-0.4, -0.2) is 13.0 Å². The van der Waals surface area contributed by atoms with Crippen molar-refractivity contribution in [3.8, 4) is 5.75 Å². The second kappa shape index (κ2) is 8.82. The molecule has 0 radical (unpaired) electrons. The maximum absolute atomic E-state index is 5.38. The maximum atomic E-state index is 5.38. The lowest BCUT2D eigenvalue weighted by atomic mass is 10.1. The minimum atomic E-state index is 0.827. The van der Waals surface area contributed by atoms with E-state index in [9.17, 15) is 0 Å². The molecule has 0 spiro atoms.